The molecule has 0 aromatic heterocycles. The fourth-order valence-electron chi connectivity index (χ4n) is 2.45. The van der Waals surface area contributed by atoms with Crippen LogP contribution in [0, 0.1) is 5.92 Å². The molecule has 1 aromatic carbocycles. The Morgan fingerprint density at radius 2 is 2.29 bits per heavy atom. The van der Waals surface area contributed by atoms with E-state index >= 15 is 0 Å². The maximum Gasteiger partial charge on any atom is 0.238 e. The number of hydrogen-bond acceptors (Lipinski definition) is 3. The van der Waals surface area contributed by atoms with Crippen molar-refractivity contribution in [3.8, 4) is 0 Å². The Morgan fingerprint density at radius 1 is 1.52 bits per heavy atom. The van der Waals surface area contributed by atoms with Crippen LogP contribution in [-0.4, -0.2) is 23.1 Å². The van der Waals surface area contributed by atoms with Crippen molar-refractivity contribution < 1.29 is 9.59 Å². The van der Waals surface area contributed by atoms with Crippen molar-refractivity contribution in [1.82, 2.24) is 5.32 Å². The second-order valence-corrected chi connectivity index (χ2v) is 7.31. The zero-order chi connectivity index (χ0) is 15.0. The van der Waals surface area contributed by atoms with Crippen LogP contribution in [0.25, 0.3) is 0 Å². The zero-order valence-electron chi connectivity index (χ0n) is 11.7. The van der Waals surface area contributed by atoms with Crippen molar-refractivity contribution in [1.29, 1.82) is 0 Å². The summed E-state index contributed by atoms with van der Waals surface area (Å²) in [7, 11) is 0. The molecule has 3 rings (SSSR count). The van der Waals surface area contributed by atoms with Crippen molar-refractivity contribution in [2.45, 2.75) is 42.4 Å². The molecular formula is C15H17ClN2O2S. The van der Waals surface area contributed by atoms with Gasteiger partial charge in [0.1, 0.15) is 0 Å². The molecule has 1 saturated carbocycles. The third-order valence-electron chi connectivity index (χ3n) is 3.85. The summed E-state index contributed by atoms with van der Waals surface area (Å²) < 4.78 is 0. The Balaban J connectivity index is 1.62. The normalized spacial score (nSPS) is 22.2. The number of carbonyl (C=O) groups is 2. The van der Waals surface area contributed by atoms with Gasteiger partial charge in [-0.2, -0.15) is 0 Å². The third-order valence-corrected chi connectivity index (χ3v) is 5.36. The maximum atomic E-state index is 12.1. The maximum absolute atomic E-state index is 12.1. The Hall–Kier alpha value is -1.20. The van der Waals surface area contributed by atoms with E-state index in [0.717, 1.165) is 10.6 Å². The van der Waals surface area contributed by atoms with Crippen LogP contribution in [0.3, 0.4) is 0 Å². The lowest BCUT2D eigenvalue weighted by Crippen LogP contribution is -2.39. The smallest absolute Gasteiger partial charge is 0.238 e. The van der Waals surface area contributed by atoms with Gasteiger partial charge in [0, 0.05) is 22.4 Å². The number of nitrogens with one attached hydrogen (secondary N) is 2. The van der Waals surface area contributed by atoms with Crippen LogP contribution in [0.2, 0.25) is 5.02 Å². The number of fused-ring (bicyclic) bond motifs is 1. The van der Waals surface area contributed by atoms with Gasteiger partial charge in [0.25, 0.3) is 0 Å². The van der Waals surface area contributed by atoms with Crippen molar-refractivity contribution in [2.75, 3.05) is 5.32 Å². The van der Waals surface area contributed by atoms with Crippen LogP contribution < -0.4 is 10.6 Å². The molecule has 1 aliphatic heterocycles. The first-order valence-electron chi connectivity index (χ1n) is 7.09. The second kappa shape index (κ2) is 5.89. The van der Waals surface area contributed by atoms with Crippen molar-refractivity contribution in [2.24, 2.45) is 5.92 Å². The first-order valence-corrected chi connectivity index (χ1v) is 8.35. The van der Waals surface area contributed by atoms with Gasteiger partial charge in [-0.05, 0) is 43.9 Å². The molecule has 2 N–H and O–H groups in total. The van der Waals surface area contributed by atoms with Gasteiger partial charge in [0.15, 0.2) is 0 Å². The topological polar surface area (TPSA) is 58.2 Å². The predicted octanol–water partition coefficient (Wildman–Crippen LogP) is 3.06. The van der Waals surface area contributed by atoms with E-state index in [1.54, 1.807) is 12.1 Å². The van der Waals surface area contributed by atoms with Gasteiger partial charge in [0.2, 0.25) is 11.8 Å². The van der Waals surface area contributed by atoms with Gasteiger partial charge in [-0.3, -0.25) is 9.59 Å². The first kappa shape index (κ1) is 14.7. The Bertz CT molecular complexity index is 589. The molecule has 0 saturated heterocycles. The average molecular weight is 325 g/mol. The molecule has 6 heteroatoms. The molecule has 2 amide bonds. The van der Waals surface area contributed by atoms with Crippen LogP contribution >= 0.6 is 23.4 Å². The minimum Gasteiger partial charge on any atom is -0.353 e. The largest absolute Gasteiger partial charge is 0.353 e. The molecule has 2 aliphatic rings. The van der Waals surface area contributed by atoms with Crippen LogP contribution in [0.15, 0.2) is 23.1 Å². The number of amides is 2. The summed E-state index contributed by atoms with van der Waals surface area (Å²) in [6, 6.07) is 5.60. The fourth-order valence-corrected chi connectivity index (χ4v) is 3.72. The summed E-state index contributed by atoms with van der Waals surface area (Å²) in [6.07, 6.45) is 2.58. The average Bonchev–Trinajstić information content (AvgIpc) is 3.24. The SMILES string of the molecule is C[C@@H](NC(=O)C[C@H]1Sc2ccc(Cl)cc2NC1=O)C1CC1. The fraction of sp³-hybridized carbons (Fsp3) is 0.467. The van der Waals surface area contributed by atoms with Crippen molar-refractivity contribution in [3.63, 3.8) is 0 Å². The molecule has 0 unspecified atom stereocenters. The highest BCUT2D eigenvalue weighted by atomic mass is 35.5. The summed E-state index contributed by atoms with van der Waals surface area (Å²) in [5.74, 6) is 0.424. The lowest BCUT2D eigenvalue weighted by Gasteiger charge is -2.24. The van der Waals surface area contributed by atoms with E-state index in [0.29, 0.717) is 10.9 Å². The van der Waals surface area contributed by atoms with E-state index in [9.17, 15) is 9.59 Å². The third kappa shape index (κ3) is 3.52. The lowest BCUT2D eigenvalue weighted by atomic mass is 10.2. The molecular weight excluding hydrogens is 308 g/mol. The highest BCUT2D eigenvalue weighted by Gasteiger charge is 2.32. The molecule has 2 atom stereocenters. The molecule has 0 spiro atoms. The highest BCUT2D eigenvalue weighted by Crippen LogP contribution is 2.38. The van der Waals surface area contributed by atoms with Crippen molar-refractivity contribution >= 4 is 40.9 Å². The molecule has 21 heavy (non-hydrogen) atoms. The molecule has 4 nitrogen and oxygen atoms in total. The van der Waals surface area contributed by atoms with Crippen molar-refractivity contribution in [3.05, 3.63) is 23.2 Å². The quantitative estimate of drug-likeness (QED) is 0.895. The van der Waals surface area contributed by atoms with E-state index < -0.39 is 0 Å². The van der Waals surface area contributed by atoms with Crippen LogP contribution in [0.4, 0.5) is 5.69 Å². The summed E-state index contributed by atoms with van der Waals surface area (Å²) in [4.78, 5) is 25.1. The minimum absolute atomic E-state index is 0.0561. The number of hydrogen-bond donors (Lipinski definition) is 2. The lowest BCUT2D eigenvalue weighted by molar-refractivity contribution is -0.124. The summed E-state index contributed by atoms with van der Waals surface area (Å²) >= 11 is 7.33. The zero-order valence-corrected chi connectivity index (χ0v) is 13.3. The van der Waals surface area contributed by atoms with Gasteiger partial charge in [0.05, 0.1) is 10.9 Å². The molecule has 1 fully saturated rings. The van der Waals surface area contributed by atoms with Crippen LogP contribution in [-0.2, 0) is 9.59 Å². The van der Waals surface area contributed by atoms with Gasteiger partial charge in [-0.15, -0.1) is 11.8 Å². The molecule has 112 valence electrons. The van der Waals surface area contributed by atoms with E-state index in [1.807, 2.05) is 13.0 Å². The number of rotatable bonds is 4. The van der Waals surface area contributed by atoms with E-state index in [1.165, 1.54) is 24.6 Å². The number of thioether (sulfide) groups is 1. The number of benzene rings is 1. The molecule has 1 heterocycles. The first-order chi connectivity index (χ1) is 10.0. The number of anilines is 1. The number of carbonyl (C=O) groups excluding carboxylic acids is 2. The molecule has 0 bridgehead atoms. The number of halogens is 1. The van der Waals surface area contributed by atoms with E-state index in [2.05, 4.69) is 10.6 Å². The minimum atomic E-state index is -0.384. The predicted molar refractivity (Wildman–Crippen MR) is 84.7 cm³/mol. The second-order valence-electron chi connectivity index (χ2n) is 5.63. The van der Waals surface area contributed by atoms with E-state index in [4.69, 9.17) is 11.6 Å². The summed E-state index contributed by atoms with van der Waals surface area (Å²) in [5.41, 5.74) is 0.723. The Morgan fingerprint density at radius 3 is 3.00 bits per heavy atom. The van der Waals surface area contributed by atoms with E-state index in [-0.39, 0.29) is 29.5 Å². The molecule has 1 aliphatic carbocycles. The summed E-state index contributed by atoms with van der Waals surface area (Å²) in [5, 5.41) is 6.01. The Kier molecular flexibility index (Phi) is 4.13. The molecule has 1 aromatic rings. The van der Waals surface area contributed by atoms with Gasteiger partial charge < -0.3 is 10.6 Å². The Labute approximate surface area is 133 Å². The van der Waals surface area contributed by atoms with Gasteiger partial charge in [-0.25, -0.2) is 0 Å². The monoisotopic (exact) mass is 324 g/mol. The standard InChI is InChI=1S/C15H17ClN2O2S/c1-8(9-2-3-9)17-14(19)7-13-15(20)18-11-6-10(16)4-5-12(11)21-13/h4-6,8-9,13H,2-3,7H2,1H3,(H,17,19)(H,18,20)/t8-,13-/m1/s1. The van der Waals surface area contributed by atoms with Crippen LogP contribution in [0.5, 0.6) is 0 Å². The summed E-state index contributed by atoms with van der Waals surface area (Å²) in [6.45, 7) is 2.03. The van der Waals surface area contributed by atoms with Gasteiger partial charge >= 0.3 is 0 Å². The molecule has 0 radical (unpaired) electrons. The van der Waals surface area contributed by atoms with Crippen LogP contribution in [0.1, 0.15) is 26.2 Å². The van der Waals surface area contributed by atoms with Gasteiger partial charge in [-0.1, -0.05) is 11.6 Å². The highest BCUT2D eigenvalue weighted by molar-refractivity contribution is 8.01.